The van der Waals surface area contributed by atoms with Gasteiger partial charge in [0.1, 0.15) is 11.6 Å². The average Bonchev–Trinajstić information content (AvgIpc) is 2.58. The van der Waals surface area contributed by atoms with Crippen molar-refractivity contribution in [3.8, 4) is 0 Å². The molecule has 2 aromatic carbocycles. The van der Waals surface area contributed by atoms with Gasteiger partial charge in [-0.2, -0.15) is 0 Å². The lowest BCUT2D eigenvalue weighted by Gasteiger charge is -2.13. The summed E-state index contributed by atoms with van der Waals surface area (Å²) in [5.41, 5.74) is 1.15. The Labute approximate surface area is 170 Å². The van der Waals surface area contributed by atoms with E-state index in [0.717, 1.165) is 0 Å². The summed E-state index contributed by atoms with van der Waals surface area (Å²) in [4.78, 5) is 0. The number of rotatable bonds is 5. The molecular weight excluding hydrogens is 421 g/mol. The topological polar surface area (TPSA) is 48.1 Å². The van der Waals surface area contributed by atoms with E-state index in [9.17, 15) is 8.78 Å². The van der Waals surface area contributed by atoms with Crippen LogP contribution in [0, 0.1) is 11.6 Å². The molecule has 26 heavy (non-hydrogen) atoms. The van der Waals surface area contributed by atoms with Crippen molar-refractivity contribution in [1.29, 1.82) is 0 Å². The van der Waals surface area contributed by atoms with Crippen molar-refractivity contribution < 1.29 is 8.78 Å². The highest BCUT2D eigenvalue weighted by atomic mass is 35.5. The van der Waals surface area contributed by atoms with E-state index in [1.165, 1.54) is 36.4 Å². The summed E-state index contributed by atoms with van der Waals surface area (Å²) < 4.78 is 26.2. The quantitative estimate of drug-likeness (QED) is 0.409. The fourth-order valence-corrected chi connectivity index (χ4v) is 2.65. The molecule has 138 valence electrons. The first kappa shape index (κ1) is 20.6. The maximum absolute atomic E-state index is 13.1. The molecule has 0 aromatic heterocycles. The van der Waals surface area contributed by atoms with E-state index < -0.39 is 11.6 Å². The number of hydrogen-bond donors (Lipinski definition) is 4. The lowest BCUT2D eigenvalue weighted by molar-refractivity contribution is 0.628. The minimum atomic E-state index is -0.497. The van der Waals surface area contributed by atoms with Gasteiger partial charge in [0.05, 0.1) is 10.0 Å². The monoisotopic (exact) mass is 434 g/mol. The van der Waals surface area contributed by atoms with E-state index in [0.29, 0.717) is 34.7 Å². The van der Waals surface area contributed by atoms with Crippen LogP contribution in [-0.2, 0) is 0 Å². The summed E-state index contributed by atoms with van der Waals surface area (Å²) in [7, 11) is 0. The summed E-state index contributed by atoms with van der Waals surface area (Å²) >= 11 is 21.7. The predicted molar refractivity (Wildman–Crippen MR) is 111 cm³/mol. The van der Waals surface area contributed by atoms with Crippen molar-refractivity contribution in [3.05, 3.63) is 58.1 Å². The molecular formula is C16H14Cl2F2N4S2. The van der Waals surface area contributed by atoms with E-state index in [4.69, 9.17) is 47.6 Å². The van der Waals surface area contributed by atoms with Crippen LogP contribution in [-0.4, -0.2) is 23.3 Å². The fourth-order valence-electron chi connectivity index (χ4n) is 1.85. The molecule has 0 aliphatic heterocycles. The van der Waals surface area contributed by atoms with Crippen LogP contribution < -0.4 is 21.3 Å². The third-order valence-corrected chi connectivity index (χ3v) is 4.12. The highest BCUT2D eigenvalue weighted by Gasteiger charge is 2.04. The smallest absolute Gasteiger partial charge is 0.170 e. The van der Waals surface area contributed by atoms with Crippen LogP contribution in [0.5, 0.6) is 0 Å². The van der Waals surface area contributed by atoms with Crippen LogP contribution in [0.15, 0.2) is 36.4 Å². The van der Waals surface area contributed by atoms with Crippen LogP contribution >= 0.6 is 47.6 Å². The number of anilines is 2. The van der Waals surface area contributed by atoms with Crippen molar-refractivity contribution in [1.82, 2.24) is 10.6 Å². The second-order valence-corrected chi connectivity index (χ2v) is 6.65. The summed E-state index contributed by atoms with van der Waals surface area (Å²) in [6.07, 6.45) is 0. The number of hydrogen-bond acceptors (Lipinski definition) is 2. The highest BCUT2D eigenvalue weighted by Crippen LogP contribution is 2.20. The second kappa shape index (κ2) is 9.82. The van der Waals surface area contributed by atoms with Crippen molar-refractivity contribution in [2.24, 2.45) is 0 Å². The number of nitrogens with one attached hydrogen (secondary N) is 4. The Morgan fingerprint density at radius 2 is 1.15 bits per heavy atom. The molecule has 0 saturated heterocycles. The second-order valence-electron chi connectivity index (χ2n) is 5.02. The van der Waals surface area contributed by atoms with Gasteiger partial charge in [0.25, 0.3) is 0 Å². The average molecular weight is 435 g/mol. The third kappa shape index (κ3) is 6.53. The standard InChI is InChI=1S/C16H14Cl2F2N4S2/c17-11-7-9(1-3-13(11)19)23-15(25)21-5-6-22-16(26)24-10-2-4-14(20)12(18)8-10/h1-4,7-8H,5-6H2,(H2,21,23,25)(H2,22,24,26). The first-order valence-electron chi connectivity index (χ1n) is 7.35. The summed E-state index contributed by atoms with van der Waals surface area (Å²) in [6, 6.07) is 8.44. The van der Waals surface area contributed by atoms with E-state index in [2.05, 4.69) is 21.3 Å². The molecule has 2 aromatic rings. The molecule has 2 rings (SSSR count). The summed E-state index contributed by atoms with van der Waals surface area (Å²) in [5, 5.41) is 12.5. The van der Waals surface area contributed by atoms with Crippen LogP contribution in [0.4, 0.5) is 20.2 Å². The number of benzene rings is 2. The van der Waals surface area contributed by atoms with Crippen molar-refractivity contribution in [2.75, 3.05) is 23.7 Å². The van der Waals surface area contributed by atoms with Crippen molar-refractivity contribution >= 4 is 69.2 Å². The molecule has 4 N–H and O–H groups in total. The van der Waals surface area contributed by atoms with Gasteiger partial charge in [-0.15, -0.1) is 0 Å². The van der Waals surface area contributed by atoms with E-state index in [1.54, 1.807) is 0 Å². The van der Waals surface area contributed by atoms with Gasteiger partial charge >= 0.3 is 0 Å². The first-order chi connectivity index (χ1) is 12.3. The molecule has 0 fully saturated rings. The molecule has 0 atom stereocenters. The van der Waals surface area contributed by atoms with Crippen LogP contribution in [0.25, 0.3) is 0 Å². The minimum Gasteiger partial charge on any atom is -0.361 e. The first-order valence-corrected chi connectivity index (χ1v) is 8.92. The molecule has 0 aliphatic rings. The lowest BCUT2D eigenvalue weighted by atomic mass is 10.3. The van der Waals surface area contributed by atoms with Crippen LogP contribution in [0.1, 0.15) is 0 Å². The van der Waals surface area contributed by atoms with Gasteiger partial charge in [0, 0.05) is 24.5 Å². The minimum absolute atomic E-state index is 0.0109. The van der Waals surface area contributed by atoms with Gasteiger partial charge < -0.3 is 21.3 Å². The Kier molecular flexibility index (Phi) is 7.77. The van der Waals surface area contributed by atoms with Gasteiger partial charge in [0.15, 0.2) is 10.2 Å². The van der Waals surface area contributed by atoms with E-state index >= 15 is 0 Å². The lowest BCUT2D eigenvalue weighted by Crippen LogP contribution is -2.38. The zero-order valence-electron chi connectivity index (χ0n) is 13.2. The molecule has 0 amide bonds. The molecule has 10 heteroatoms. The van der Waals surface area contributed by atoms with Crippen LogP contribution in [0.2, 0.25) is 10.0 Å². The molecule has 4 nitrogen and oxygen atoms in total. The molecule has 0 saturated carbocycles. The molecule has 0 bridgehead atoms. The third-order valence-electron chi connectivity index (χ3n) is 3.05. The Morgan fingerprint density at radius 3 is 1.50 bits per heavy atom. The largest absolute Gasteiger partial charge is 0.361 e. The van der Waals surface area contributed by atoms with Crippen molar-refractivity contribution in [2.45, 2.75) is 0 Å². The Balaban J connectivity index is 1.68. The molecule has 0 radical (unpaired) electrons. The Bertz CT molecular complexity index is 753. The summed E-state index contributed by atoms with van der Waals surface area (Å²) in [6.45, 7) is 0.958. The molecule has 0 aliphatic carbocycles. The molecule has 0 spiro atoms. The van der Waals surface area contributed by atoms with Gasteiger partial charge in [-0.1, -0.05) is 23.2 Å². The maximum atomic E-state index is 13.1. The van der Waals surface area contributed by atoms with Crippen LogP contribution in [0.3, 0.4) is 0 Å². The Morgan fingerprint density at radius 1 is 0.769 bits per heavy atom. The zero-order valence-corrected chi connectivity index (χ0v) is 16.4. The Hall–Kier alpha value is -1.74. The maximum Gasteiger partial charge on any atom is 0.170 e. The molecule has 0 heterocycles. The van der Waals surface area contributed by atoms with Gasteiger partial charge in [-0.05, 0) is 60.8 Å². The SMILES string of the molecule is Fc1ccc(NC(=S)NCCNC(=S)Nc2ccc(F)c(Cl)c2)cc1Cl. The zero-order chi connectivity index (χ0) is 19.1. The number of halogens is 4. The normalized spacial score (nSPS) is 10.2. The van der Waals surface area contributed by atoms with Gasteiger partial charge in [-0.25, -0.2) is 8.78 Å². The molecule has 0 unspecified atom stereocenters. The van der Waals surface area contributed by atoms with Gasteiger partial charge in [0.2, 0.25) is 0 Å². The van der Waals surface area contributed by atoms with E-state index in [1.807, 2.05) is 0 Å². The van der Waals surface area contributed by atoms with Gasteiger partial charge in [-0.3, -0.25) is 0 Å². The summed E-state index contributed by atoms with van der Waals surface area (Å²) in [5.74, 6) is -0.993. The predicted octanol–water partition coefficient (Wildman–Crippen LogP) is 4.54. The van der Waals surface area contributed by atoms with E-state index in [-0.39, 0.29) is 10.0 Å². The highest BCUT2D eigenvalue weighted by molar-refractivity contribution is 7.80. The fraction of sp³-hybridized carbons (Fsp3) is 0.125. The van der Waals surface area contributed by atoms with Crippen molar-refractivity contribution in [3.63, 3.8) is 0 Å². The number of thiocarbonyl (C=S) groups is 2.